The van der Waals surface area contributed by atoms with E-state index in [9.17, 15) is 19.9 Å². The van der Waals surface area contributed by atoms with E-state index in [-0.39, 0.29) is 37.6 Å². The average Bonchev–Trinajstić information content (AvgIpc) is 2.95. The zero-order valence-corrected chi connectivity index (χ0v) is 22.2. The van der Waals surface area contributed by atoms with Gasteiger partial charge in [0, 0.05) is 48.4 Å². The molecule has 2 heterocycles. The normalized spacial score (nSPS) is 18.9. The lowest BCUT2D eigenvalue weighted by Gasteiger charge is -2.36. The first-order valence-electron chi connectivity index (χ1n) is 12.8. The monoisotopic (exact) mass is 552 g/mol. The number of carbonyl (C=O) groups is 2. The lowest BCUT2D eigenvalue weighted by molar-refractivity contribution is -0.645. The number of aliphatic carboxylic acids is 1. The Kier molecular flexibility index (Phi) is 10.3. The maximum atomic E-state index is 12.2. The summed E-state index contributed by atoms with van der Waals surface area (Å²) >= 11 is 1.43. The molecule has 0 bridgehead atoms. The molecule has 2 aromatic carbocycles. The number of hydrogen-bond donors (Lipinski definition) is 3. The SMILES string of the molecule is O=C(O)CCCCC(=O)Nc1ccc([C@@H]2O[C@H](CSc3cccc[n+]3[O-])C[C@H](c3ccc(CO)cc3)O2)cc1. The third kappa shape index (κ3) is 8.52. The van der Waals surface area contributed by atoms with Gasteiger partial charge in [0.25, 0.3) is 5.03 Å². The number of anilines is 1. The van der Waals surface area contributed by atoms with Gasteiger partial charge in [0.1, 0.15) is 0 Å². The van der Waals surface area contributed by atoms with E-state index in [0.29, 0.717) is 35.7 Å². The molecule has 9 nitrogen and oxygen atoms in total. The zero-order valence-electron chi connectivity index (χ0n) is 21.4. The van der Waals surface area contributed by atoms with Crippen LogP contribution in [0.1, 0.15) is 61.2 Å². The summed E-state index contributed by atoms with van der Waals surface area (Å²) in [6.45, 7) is -0.0334. The van der Waals surface area contributed by atoms with Crippen LogP contribution in [0.2, 0.25) is 0 Å². The first-order valence-corrected chi connectivity index (χ1v) is 13.8. The molecule has 1 fully saturated rings. The van der Waals surface area contributed by atoms with Crippen LogP contribution in [0.5, 0.6) is 0 Å². The molecule has 0 aliphatic carbocycles. The maximum absolute atomic E-state index is 12.2. The van der Waals surface area contributed by atoms with Gasteiger partial charge < -0.3 is 30.2 Å². The van der Waals surface area contributed by atoms with Crippen molar-refractivity contribution < 1.29 is 34.0 Å². The first kappa shape index (κ1) is 28.6. The summed E-state index contributed by atoms with van der Waals surface area (Å²) < 4.78 is 13.5. The van der Waals surface area contributed by atoms with Crippen molar-refractivity contribution in [1.29, 1.82) is 0 Å². The Morgan fingerprint density at radius 1 is 0.974 bits per heavy atom. The van der Waals surface area contributed by atoms with Gasteiger partial charge in [0.2, 0.25) is 5.91 Å². The van der Waals surface area contributed by atoms with Crippen LogP contribution in [0.25, 0.3) is 0 Å². The fraction of sp³-hybridized carbons (Fsp3) is 0.345. The van der Waals surface area contributed by atoms with Gasteiger partial charge in [0.15, 0.2) is 12.5 Å². The van der Waals surface area contributed by atoms with E-state index in [4.69, 9.17) is 14.6 Å². The minimum Gasteiger partial charge on any atom is -0.618 e. The molecular weight excluding hydrogens is 520 g/mol. The minimum absolute atomic E-state index is 0.0334. The second kappa shape index (κ2) is 14.1. The highest BCUT2D eigenvalue weighted by molar-refractivity contribution is 7.99. The molecule has 3 aromatic rings. The number of nitrogens with zero attached hydrogens (tertiary/aromatic N) is 1. The highest BCUT2D eigenvalue weighted by atomic mass is 32.2. The molecule has 1 aromatic heterocycles. The quantitative estimate of drug-likeness (QED) is 0.127. The van der Waals surface area contributed by atoms with Crippen LogP contribution in [0.15, 0.2) is 78.0 Å². The van der Waals surface area contributed by atoms with Gasteiger partial charge in [-0.3, -0.25) is 9.59 Å². The number of thioether (sulfide) groups is 1. The summed E-state index contributed by atoms with van der Waals surface area (Å²) in [4.78, 5) is 22.8. The third-order valence-corrected chi connectivity index (χ3v) is 7.48. The molecule has 3 N–H and O–H groups in total. The molecule has 1 aliphatic heterocycles. The van der Waals surface area contributed by atoms with Crippen molar-refractivity contribution in [2.75, 3.05) is 11.1 Å². The topological polar surface area (TPSA) is 132 Å². The summed E-state index contributed by atoms with van der Waals surface area (Å²) in [5.41, 5.74) is 3.21. The third-order valence-electron chi connectivity index (χ3n) is 6.33. The Labute approximate surface area is 231 Å². The predicted octanol–water partition coefficient (Wildman–Crippen LogP) is 4.73. The highest BCUT2D eigenvalue weighted by Gasteiger charge is 2.32. The minimum atomic E-state index is -0.863. The molecule has 0 radical (unpaired) electrons. The van der Waals surface area contributed by atoms with Crippen LogP contribution in [0, 0.1) is 5.21 Å². The number of carboxylic acid groups (broad SMARTS) is 1. The van der Waals surface area contributed by atoms with Gasteiger partial charge in [-0.25, -0.2) is 0 Å². The number of ether oxygens (including phenoxy) is 2. The van der Waals surface area contributed by atoms with Crippen LogP contribution in [0.4, 0.5) is 5.69 Å². The van der Waals surface area contributed by atoms with Crippen LogP contribution < -0.4 is 10.0 Å². The van der Waals surface area contributed by atoms with Crippen molar-refractivity contribution in [2.24, 2.45) is 0 Å². The number of hydrogen-bond acceptors (Lipinski definition) is 7. The second-order valence-corrected chi connectivity index (χ2v) is 10.3. The van der Waals surface area contributed by atoms with Gasteiger partial charge in [-0.2, -0.15) is 4.73 Å². The van der Waals surface area contributed by atoms with Crippen molar-refractivity contribution in [2.45, 2.75) is 62.2 Å². The Balaban J connectivity index is 1.42. The van der Waals surface area contributed by atoms with E-state index >= 15 is 0 Å². The van der Waals surface area contributed by atoms with E-state index < -0.39 is 12.3 Å². The van der Waals surface area contributed by atoms with Crippen molar-refractivity contribution in [3.8, 4) is 0 Å². The number of amides is 1. The maximum Gasteiger partial charge on any atom is 0.303 e. The number of carbonyl (C=O) groups excluding carboxylic acids is 1. The van der Waals surface area contributed by atoms with Crippen LogP contribution in [0.3, 0.4) is 0 Å². The summed E-state index contributed by atoms with van der Waals surface area (Å²) in [5, 5.41) is 33.6. The lowest BCUT2D eigenvalue weighted by atomic mass is 10.0. The Bertz CT molecular complexity index is 1240. The highest BCUT2D eigenvalue weighted by Crippen LogP contribution is 2.39. The average molecular weight is 553 g/mol. The standard InChI is InChI=1S/C29H32N2O7S/c32-18-20-8-10-21(11-9-20)25-17-24(19-39-27-6-3-4-16-31(27)36)37-29(38-25)22-12-14-23(15-13-22)30-26(33)5-1-2-7-28(34)35/h3-4,6,8-16,24-25,29,32H,1-2,5,7,17-19H2,(H,30,33)(H,34,35)/t24-,25+,29+/m0/s1. The summed E-state index contributed by atoms with van der Waals surface area (Å²) in [7, 11) is 0. The number of aliphatic hydroxyl groups excluding tert-OH is 1. The molecule has 39 heavy (non-hydrogen) atoms. The van der Waals surface area contributed by atoms with E-state index in [2.05, 4.69) is 5.32 Å². The van der Waals surface area contributed by atoms with E-state index in [1.807, 2.05) is 42.5 Å². The fourth-order valence-electron chi connectivity index (χ4n) is 4.23. The number of benzene rings is 2. The second-order valence-electron chi connectivity index (χ2n) is 9.30. The van der Waals surface area contributed by atoms with Gasteiger partial charge in [0.05, 0.1) is 18.8 Å². The predicted molar refractivity (Wildman–Crippen MR) is 146 cm³/mol. The number of carboxylic acids is 1. The largest absolute Gasteiger partial charge is 0.618 e. The van der Waals surface area contributed by atoms with Crippen molar-refractivity contribution in [3.63, 3.8) is 0 Å². The van der Waals surface area contributed by atoms with Gasteiger partial charge in [-0.15, -0.1) is 0 Å². The molecule has 1 amide bonds. The molecule has 10 heteroatoms. The number of unbranched alkanes of at least 4 members (excludes halogenated alkanes) is 1. The summed E-state index contributed by atoms with van der Waals surface area (Å²) in [5.74, 6) is -0.469. The number of aromatic nitrogens is 1. The van der Waals surface area contributed by atoms with Crippen molar-refractivity contribution in [1.82, 2.24) is 0 Å². The van der Waals surface area contributed by atoms with Gasteiger partial charge in [-0.05, 0) is 42.2 Å². The molecule has 206 valence electrons. The number of pyridine rings is 1. The molecule has 0 saturated carbocycles. The molecule has 4 rings (SSSR count). The zero-order chi connectivity index (χ0) is 27.6. The van der Waals surface area contributed by atoms with Gasteiger partial charge >= 0.3 is 5.97 Å². The Morgan fingerprint density at radius 3 is 2.38 bits per heavy atom. The van der Waals surface area contributed by atoms with Crippen LogP contribution in [-0.4, -0.2) is 33.9 Å². The number of aliphatic hydroxyl groups is 1. The molecule has 0 spiro atoms. The molecule has 3 atom stereocenters. The molecule has 0 unspecified atom stereocenters. The lowest BCUT2D eigenvalue weighted by Crippen LogP contribution is -2.32. The number of nitrogens with one attached hydrogen (secondary N) is 1. The van der Waals surface area contributed by atoms with E-state index in [0.717, 1.165) is 21.4 Å². The van der Waals surface area contributed by atoms with Gasteiger partial charge in [-0.1, -0.05) is 48.2 Å². The van der Waals surface area contributed by atoms with Crippen LogP contribution in [-0.2, 0) is 25.7 Å². The van der Waals surface area contributed by atoms with Crippen molar-refractivity contribution >= 4 is 29.3 Å². The fourth-order valence-corrected chi connectivity index (χ4v) is 5.17. The molecule has 1 aliphatic rings. The summed E-state index contributed by atoms with van der Waals surface area (Å²) in [6, 6.07) is 20.2. The summed E-state index contributed by atoms with van der Waals surface area (Å²) in [6.07, 6.45) is 2.26. The first-order chi connectivity index (χ1) is 18.9. The van der Waals surface area contributed by atoms with Crippen molar-refractivity contribution in [3.05, 3.63) is 94.8 Å². The molecular formula is C29H32N2O7S. The number of rotatable bonds is 12. The molecule has 1 saturated heterocycles. The smallest absolute Gasteiger partial charge is 0.303 e. The van der Waals surface area contributed by atoms with Crippen LogP contribution >= 0.6 is 11.8 Å². The van der Waals surface area contributed by atoms with E-state index in [1.54, 1.807) is 24.3 Å². The Morgan fingerprint density at radius 2 is 1.69 bits per heavy atom. The van der Waals surface area contributed by atoms with E-state index in [1.165, 1.54) is 18.0 Å². The Hall–Kier alpha value is -3.44.